The molecule has 0 atom stereocenters. The van der Waals surface area contributed by atoms with Crippen molar-refractivity contribution < 1.29 is 4.79 Å². The number of hydrogen-bond donors (Lipinski definition) is 2. The molecule has 0 aliphatic carbocycles. The van der Waals surface area contributed by atoms with Crippen molar-refractivity contribution in [3.05, 3.63) is 66.4 Å². The van der Waals surface area contributed by atoms with Crippen molar-refractivity contribution in [1.29, 1.82) is 0 Å². The zero-order valence-electron chi connectivity index (χ0n) is 10.6. The summed E-state index contributed by atoms with van der Waals surface area (Å²) < 4.78 is 0. The van der Waals surface area contributed by atoms with Gasteiger partial charge >= 0.3 is 0 Å². The second kappa shape index (κ2) is 5.36. The molecule has 0 unspecified atom stereocenters. The van der Waals surface area contributed by atoms with Crippen molar-refractivity contribution in [3.63, 3.8) is 0 Å². The maximum atomic E-state index is 12.1. The fourth-order valence-corrected chi connectivity index (χ4v) is 1.89. The Balaban J connectivity index is 1.82. The van der Waals surface area contributed by atoms with E-state index < -0.39 is 0 Å². The van der Waals surface area contributed by atoms with Gasteiger partial charge in [-0.2, -0.15) is 0 Å². The lowest BCUT2D eigenvalue weighted by molar-refractivity contribution is 0.102. The molecule has 0 saturated heterocycles. The van der Waals surface area contributed by atoms with Crippen molar-refractivity contribution in [2.75, 3.05) is 5.32 Å². The van der Waals surface area contributed by atoms with Crippen molar-refractivity contribution in [2.45, 2.75) is 0 Å². The van der Waals surface area contributed by atoms with Gasteiger partial charge in [-0.1, -0.05) is 35.5 Å². The van der Waals surface area contributed by atoms with Gasteiger partial charge in [-0.15, -0.1) is 5.10 Å². The number of H-pyrrole nitrogens is 1. The lowest BCUT2D eigenvalue weighted by Gasteiger charge is -2.06. The maximum absolute atomic E-state index is 12.1. The van der Waals surface area contributed by atoms with Gasteiger partial charge in [0.1, 0.15) is 0 Å². The van der Waals surface area contributed by atoms with Crippen LogP contribution in [0.4, 0.5) is 5.69 Å². The summed E-state index contributed by atoms with van der Waals surface area (Å²) in [5.74, 6) is -0.134. The Bertz CT molecular complexity index is 708. The topological polar surface area (TPSA) is 70.7 Å². The maximum Gasteiger partial charge on any atom is 0.255 e. The predicted octanol–water partition coefficient (Wildman–Crippen LogP) is 2.72. The van der Waals surface area contributed by atoms with Gasteiger partial charge in [-0.05, 0) is 24.3 Å². The minimum atomic E-state index is -0.134. The average Bonchev–Trinajstić information content (AvgIpc) is 3.03. The molecule has 0 aliphatic rings. The highest BCUT2D eigenvalue weighted by atomic mass is 16.1. The van der Waals surface area contributed by atoms with Gasteiger partial charge in [0.25, 0.3) is 5.91 Å². The number of anilines is 1. The quantitative estimate of drug-likeness (QED) is 0.764. The minimum Gasteiger partial charge on any atom is -0.322 e. The third kappa shape index (κ3) is 2.56. The average molecular weight is 264 g/mol. The zero-order valence-corrected chi connectivity index (χ0v) is 10.6. The molecule has 0 fully saturated rings. The number of hydrogen-bond acceptors (Lipinski definition) is 3. The van der Waals surface area contributed by atoms with E-state index in [0.717, 1.165) is 16.9 Å². The van der Waals surface area contributed by atoms with Crippen molar-refractivity contribution in [1.82, 2.24) is 15.4 Å². The molecule has 2 N–H and O–H groups in total. The smallest absolute Gasteiger partial charge is 0.255 e. The van der Waals surface area contributed by atoms with E-state index in [-0.39, 0.29) is 5.91 Å². The number of nitrogens with zero attached hydrogens (tertiary/aromatic N) is 2. The van der Waals surface area contributed by atoms with Crippen molar-refractivity contribution >= 4 is 11.6 Å². The van der Waals surface area contributed by atoms with Crippen LogP contribution in [0.2, 0.25) is 0 Å². The first-order chi connectivity index (χ1) is 9.83. The summed E-state index contributed by atoms with van der Waals surface area (Å²) in [4.78, 5) is 12.1. The van der Waals surface area contributed by atoms with Crippen LogP contribution in [0, 0.1) is 0 Å². The molecule has 0 bridgehead atoms. The second-order valence-electron chi connectivity index (χ2n) is 4.27. The van der Waals surface area contributed by atoms with Gasteiger partial charge in [0.2, 0.25) is 0 Å². The molecule has 20 heavy (non-hydrogen) atoms. The summed E-state index contributed by atoms with van der Waals surface area (Å²) in [6.07, 6.45) is 1.64. The molecular formula is C15H12N4O. The van der Waals surface area contributed by atoms with Crippen LogP contribution in [-0.2, 0) is 0 Å². The molecule has 2 aromatic carbocycles. The van der Waals surface area contributed by atoms with Gasteiger partial charge < -0.3 is 5.32 Å². The number of rotatable bonds is 3. The molecule has 0 aliphatic heterocycles. The standard InChI is InChI=1S/C15H12N4O/c20-15(11-5-2-1-3-6-11)17-13-8-4-7-12(9-13)14-10-16-19-18-14/h1-10H,(H,17,20)(H,16,18,19). The zero-order chi connectivity index (χ0) is 13.8. The number of aromatic nitrogens is 3. The van der Waals surface area contributed by atoms with Crippen LogP contribution >= 0.6 is 0 Å². The number of amides is 1. The third-order valence-electron chi connectivity index (χ3n) is 2.88. The number of nitrogens with one attached hydrogen (secondary N) is 2. The molecule has 5 heteroatoms. The molecule has 3 rings (SSSR count). The number of carbonyl (C=O) groups excluding carboxylic acids is 1. The van der Waals surface area contributed by atoms with E-state index in [9.17, 15) is 4.79 Å². The Morgan fingerprint density at radius 3 is 2.65 bits per heavy atom. The van der Waals surface area contributed by atoms with E-state index in [4.69, 9.17) is 0 Å². The highest BCUT2D eigenvalue weighted by Gasteiger charge is 2.06. The largest absolute Gasteiger partial charge is 0.322 e. The van der Waals surface area contributed by atoms with E-state index >= 15 is 0 Å². The Kier molecular flexibility index (Phi) is 3.24. The van der Waals surface area contributed by atoms with Crippen LogP contribution in [0.3, 0.4) is 0 Å². The van der Waals surface area contributed by atoms with Gasteiger partial charge in [-0.25, -0.2) is 0 Å². The molecule has 3 aromatic rings. The summed E-state index contributed by atoms with van der Waals surface area (Å²) in [5.41, 5.74) is 3.08. The molecule has 1 aromatic heterocycles. The summed E-state index contributed by atoms with van der Waals surface area (Å²) in [5, 5.41) is 13.1. The van der Waals surface area contributed by atoms with Crippen LogP contribution in [-0.4, -0.2) is 21.3 Å². The number of carbonyl (C=O) groups is 1. The highest BCUT2D eigenvalue weighted by Crippen LogP contribution is 2.20. The Morgan fingerprint density at radius 2 is 1.90 bits per heavy atom. The fourth-order valence-electron chi connectivity index (χ4n) is 1.89. The van der Waals surface area contributed by atoms with Gasteiger partial charge in [0.05, 0.1) is 11.9 Å². The molecule has 98 valence electrons. The molecule has 0 saturated carbocycles. The van der Waals surface area contributed by atoms with Crippen molar-refractivity contribution in [2.24, 2.45) is 0 Å². The van der Waals surface area contributed by atoms with E-state index in [0.29, 0.717) is 5.56 Å². The first kappa shape index (κ1) is 12.1. The molecular weight excluding hydrogens is 252 g/mol. The lowest BCUT2D eigenvalue weighted by Crippen LogP contribution is -2.11. The van der Waals surface area contributed by atoms with Crippen LogP contribution in [0.15, 0.2) is 60.8 Å². The van der Waals surface area contributed by atoms with E-state index in [1.807, 2.05) is 42.5 Å². The normalized spacial score (nSPS) is 10.2. The Morgan fingerprint density at radius 1 is 1.05 bits per heavy atom. The van der Waals surface area contributed by atoms with Gasteiger partial charge in [0, 0.05) is 16.8 Å². The van der Waals surface area contributed by atoms with E-state index in [1.165, 1.54) is 0 Å². The second-order valence-corrected chi connectivity index (χ2v) is 4.27. The predicted molar refractivity (Wildman–Crippen MR) is 76.2 cm³/mol. The summed E-state index contributed by atoms with van der Waals surface area (Å²) in [7, 11) is 0. The molecule has 1 heterocycles. The monoisotopic (exact) mass is 264 g/mol. The SMILES string of the molecule is O=C(Nc1cccc(-c2cnn[nH]2)c1)c1ccccc1. The van der Waals surface area contributed by atoms with Crippen LogP contribution in [0.1, 0.15) is 10.4 Å². The lowest BCUT2D eigenvalue weighted by atomic mass is 10.1. The van der Waals surface area contributed by atoms with E-state index in [2.05, 4.69) is 20.7 Å². The molecule has 0 spiro atoms. The fraction of sp³-hybridized carbons (Fsp3) is 0. The summed E-state index contributed by atoms with van der Waals surface area (Å²) in [6, 6.07) is 16.6. The van der Waals surface area contributed by atoms with E-state index in [1.54, 1.807) is 18.3 Å². The van der Waals surface area contributed by atoms with Crippen LogP contribution < -0.4 is 5.32 Å². The van der Waals surface area contributed by atoms with Crippen molar-refractivity contribution in [3.8, 4) is 11.3 Å². The summed E-state index contributed by atoms with van der Waals surface area (Å²) in [6.45, 7) is 0. The Hall–Kier alpha value is -2.95. The summed E-state index contributed by atoms with van der Waals surface area (Å²) >= 11 is 0. The van der Waals surface area contributed by atoms with Crippen LogP contribution in [0.25, 0.3) is 11.3 Å². The molecule has 5 nitrogen and oxygen atoms in total. The number of aromatic amines is 1. The Labute approximate surface area is 115 Å². The van der Waals surface area contributed by atoms with Crippen LogP contribution in [0.5, 0.6) is 0 Å². The third-order valence-corrected chi connectivity index (χ3v) is 2.88. The number of benzene rings is 2. The first-order valence-electron chi connectivity index (χ1n) is 6.16. The first-order valence-corrected chi connectivity index (χ1v) is 6.16. The highest BCUT2D eigenvalue weighted by molar-refractivity contribution is 6.04. The minimum absolute atomic E-state index is 0.134. The molecule has 1 amide bonds. The van der Waals surface area contributed by atoms with Gasteiger partial charge in [-0.3, -0.25) is 9.89 Å². The van der Waals surface area contributed by atoms with Gasteiger partial charge in [0.15, 0.2) is 0 Å². The molecule has 0 radical (unpaired) electrons.